The van der Waals surface area contributed by atoms with Crippen molar-refractivity contribution in [3.8, 4) is 0 Å². The Bertz CT molecular complexity index is 691. The number of benzene rings is 1. The summed E-state index contributed by atoms with van der Waals surface area (Å²) >= 11 is 11.9. The second kappa shape index (κ2) is 5.17. The maximum atomic E-state index is 11.4. The van der Waals surface area contributed by atoms with Gasteiger partial charge in [-0.2, -0.15) is 0 Å². The molecule has 0 radical (unpaired) electrons. The van der Waals surface area contributed by atoms with E-state index in [9.17, 15) is 4.79 Å². The normalized spacial score (nSPS) is 15.1. The molecule has 1 aliphatic rings. The number of carbonyl (C=O) groups excluding carboxylic acids is 1. The first-order valence-corrected chi connectivity index (χ1v) is 8.40. The molecule has 1 amide bonds. The van der Waals surface area contributed by atoms with Crippen LogP contribution in [0, 0.1) is 13.8 Å². The van der Waals surface area contributed by atoms with Gasteiger partial charge in [-0.3, -0.25) is 4.79 Å². The third kappa shape index (κ3) is 2.41. The van der Waals surface area contributed by atoms with Gasteiger partial charge < -0.3 is 5.32 Å². The zero-order chi connectivity index (χ0) is 14.4. The Hall–Kier alpha value is -0.840. The summed E-state index contributed by atoms with van der Waals surface area (Å²) in [7, 11) is 0. The summed E-state index contributed by atoms with van der Waals surface area (Å²) in [6.45, 7) is 4.23. The van der Waals surface area contributed by atoms with E-state index in [1.54, 1.807) is 11.3 Å². The van der Waals surface area contributed by atoms with Gasteiger partial charge in [0.15, 0.2) is 0 Å². The average Bonchev–Trinajstić information content (AvgIpc) is 2.90. The fourth-order valence-corrected chi connectivity index (χ4v) is 4.58. The van der Waals surface area contributed by atoms with Crippen molar-refractivity contribution in [3.05, 3.63) is 49.7 Å². The number of amides is 1. The van der Waals surface area contributed by atoms with E-state index >= 15 is 0 Å². The lowest BCUT2D eigenvalue weighted by atomic mass is 10.0. The molecule has 2 heterocycles. The Morgan fingerprint density at radius 1 is 1.35 bits per heavy atom. The first kappa shape index (κ1) is 14.1. The van der Waals surface area contributed by atoms with Crippen molar-refractivity contribution >= 4 is 50.5 Å². The zero-order valence-electron chi connectivity index (χ0n) is 11.1. The summed E-state index contributed by atoms with van der Waals surface area (Å²) < 4.78 is 0. The Morgan fingerprint density at radius 2 is 2.10 bits per heavy atom. The molecule has 0 aliphatic carbocycles. The van der Waals surface area contributed by atoms with E-state index in [4.69, 9.17) is 11.6 Å². The van der Waals surface area contributed by atoms with Gasteiger partial charge in [0, 0.05) is 20.5 Å². The van der Waals surface area contributed by atoms with Crippen molar-refractivity contribution in [2.75, 3.05) is 5.32 Å². The fraction of sp³-hybridized carbons (Fsp3) is 0.267. The summed E-state index contributed by atoms with van der Waals surface area (Å²) in [5.74, 6) is 0.0298. The predicted molar refractivity (Wildman–Crippen MR) is 88.3 cm³/mol. The summed E-state index contributed by atoms with van der Waals surface area (Å²) in [5.41, 5.74) is 4.16. The van der Waals surface area contributed by atoms with Gasteiger partial charge >= 0.3 is 0 Å². The summed E-state index contributed by atoms with van der Waals surface area (Å²) in [4.78, 5) is 14.1. The molecule has 1 aromatic carbocycles. The maximum Gasteiger partial charge on any atom is 0.228 e. The van der Waals surface area contributed by atoms with E-state index in [0.717, 1.165) is 16.8 Å². The molecule has 2 nitrogen and oxygen atoms in total. The van der Waals surface area contributed by atoms with E-state index in [0.29, 0.717) is 11.4 Å². The molecule has 1 aliphatic heterocycles. The van der Waals surface area contributed by atoms with Crippen molar-refractivity contribution < 1.29 is 4.79 Å². The number of carbonyl (C=O) groups is 1. The lowest BCUT2D eigenvalue weighted by Crippen LogP contribution is -2.03. The molecule has 0 spiro atoms. The molecule has 5 heteroatoms. The monoisotopic (exact) mass is 369 g/mol. The summed E-state index contributed by atoms with van der Waals surface area (Å²) in [5, 5.41) is 3.50. The van der Waals surface area contributed by atoms with Gasteiger partial charge in [0.05, 0.1) is 11.2 Å². The number of rotatable bonds is 2. The standard InChI is InChI=1S/C15H13BrClNOS/c1-7-3-13(20-8(7)2)15(16)10-4-9-5-14(19)18-12(9)6-11(10)17/h3-4,6,15H,5H2,1-2H3,(H,18,19). The van der Waals surface area contributed by atoms with Crippen LogP contribution in [0.1, 0.15) is 31.3 Å². The third-order valence-electron chi connectivity index (χ3n) is 3.56. The molecule has 0 saturated heterocycles. The Morgan fingerprint density at radius 3 is 2.75 bits per heavy atom. The second-order valence-electron chi connectivity index (χ2n) is 5.01. The van der Waals surface area contributed by atoms with Gasteiger partial charge in [0.1, 0.15) is 0 Å². The fourth-order valence-electron chi connectivity index (χ4n) is 2.34. The summed E-state index contributed by atoms with van der Waals surface area (Å²) in [6.07, 6.45) is 0.432. The van der Waals surface area contributed by atoms with Crippen LogP contribution in [0.25, 0.3) is 0 Å². The minimum absolute atomic E-state index is 0.0298. The van der Waals surface area contributed by atoms with Crippen molar-refractivity contribution in [2.24, 2.45) is 0 Å². The number of thiophene rings is 1. The number of anilines is 1. The first-order valence-electron chi connectivity index (χ1n) is 6.29. The average molecular weight is 371 g/mol. The Labute approximate surface area is 135 Å². The Balaban J connectivity index is 2.02. The number of aryl methyl sites for hydroxylation is 2. The van der Waals surface area contributed by atoms with Crippen molar-refractivity contribution in [1.29, 1.82) is 0 Å². The smallest absolute Gasteiger partial charge is 0.228 e. The highest BCUT2D eigenvalue weighted by Gasteiger charge is 2.23. The van der Waals surface area contributed by atoms with Crippen LogP contribution in [0.4, 0.5) is 5.69 Å². The quantitative estimate of drug-likeness (QED) is 0.741. The van der Waals surface area contributed by atoms with Crippen molar-refractivity contribution in [3.63, 3.8) is 0 Å². The maximum absolute atomic E-state index is 11.4. The topological polar surface area (TPSA) is 29.1 Å². The van der Waals surface area contributed by atoms with Gasteiger partial charge in [-0.1, -0.05) is 33.6 Å². The highest BCUT2D eigenvalue weighted by molar-refractivity contribution is 9.09. The first-order chi connectivity index (χ1) is 9.45. The Kier molecular flexibility index (Phi) is 3.65. The number of hydrogen-bond donors (Lipinski definition) is 1. The molecule has 1 atom stereocenters. The molecule has 104 valence electrons. The van der Waals surface area contributed by atoms with Gasteiger partial charge in [0.2, 0.25) is 5.91 Å². The largest absolute Gasteiger partial charge is 0.325 e. The summed E-state index contributed by atoms with van der Waals surface area (Å²) in [6, 6.07) is 6.06. The van der Waals surface area contributed by atoms with E-state index in [1.807, 2.05) is 12.1 Å². The van der Waals surface area contributed by atoms with Crippen molar-refractivity contribution in [2.45, 2.75) is 25.1 Å². The van der Waals surface area contributed by atoms with Gasteiger partial charge in [-0.25, -0.2) is 0 Å². The zero-order valence-corrected chi connectivity index (χ0v) is 14.2. The minimum atomic E-state index is 0.0298. The van der Waals surface area contributed by atoms with E-state index in [1.165, 1.54) is 15.3 Å². The molecule has 1 N–H and O–H groups in total. The van der Waals surface area contributed by atoms with Crippen LogP contribution in [0.2, 0.25) is 5.02 Å². The van der Waals surface area contributed by atoms with Crippen LogP contribution in [0.3, 0.4) is 0 Å². The van der Waals surface area contributed by atoms with Crippen LogP contribution >= 0.6 is 38.9 Å². The molecule has 1 unspecified atom stereocenters. The molecular formula is C15H13BrClNOS. The number of nitrogens with one attached hydrogen (secondary N) is 1. The molecule has 1 aromatic heterocycles. The SMILES string of the molecule is Cc1cc(C(Br)c2cc3c(cc2Cl)NC(=O)C3)sc1C. The van der Waals surface area contributed by atoms with Crippen LogP contribution in [0.5, 0.6) is 0 Å². The van der Waals surface area contributed by atoms with Crippen LogP contribution in [-0.4, -0.2) is 5.91 Å². The van der Waals surface area contributed by atoms with Crippen LogP contribution < -0.4 is 5.32 Å². The number of halogens is 2. The highest BCUT2D eigenvalue weighted by Crippen LogP contribution is 2.42. The molecule has 20 heavy (non-hydrogen) atoms. The minimum Gasteiger partial charge on any atom is -0.325 e. The number of hydrogen-bond acceptors (Lipinski definition) is 2. The van der Waals surface area contributed by atoms with Gasteiger partial charge in [-0.15, -0.1) is 11.3 Å². The lowest BCUT2D eigenvalue weighted by molar-refractivity contribution is -0.115. The predicted octanol–water partition coefficient (Wildman–Crippen LogP) is 5.00. The molecular weight excluding hydrogens is 358 g/mol. The molecule has 0 saturated carbocycles. The lowest BCUT2D eigenvalue weighted by Gasteiger charge is -2.12. The molecule has 3 rings (SSSR count). The van der Waals surface area contributed by atoms with Crippen molar-refractivity contribution in [1.82, 2.24) is 0 Å². The van der Waals surface area contributed by atoms with Gasteiger partial charge in [0.25, 0.3) is 0 Å². The molecule has 0 fully saturated rings. The van der Waals surface area contributed by atoms with E-state index < -0.39 is 0 Å². The third-order valence-corrected chi connectivity index (χ3v) is 6.39. The van der Waals surface area contributed by atoms with E-state index in [2.05, 4.69) is 41.2 Å². The van der Waals surface area contributed by atoms with E-state index in [-0.39, 0.29) is 10.7 Å². The molecule has 0 bridgehead atoms. The van der Waals surface area contributed by atoms with Gasteiger partial charge in [-0.05, 0) is 42.7 Å². The number of fused-ring (bicyclic) bond motifs is 1. The number of alkyl halides is 1. The van der Waals surface area contributed by atoms with Crippen LogP contribution in [-0.2, 0) is 11.2 Å². The second-order valence-corrected chi connectivity index (χ2v) is 7.62. The molecule has 2 aromatic rings. The highest BCUT2D eigenvalue weighted by atomic mass is 79.9. The van der Waals surface area contributed by atoms with Crippen LogP contribution in [0.15, 0.2) is 18.2 Å².